The number of fused-ring (bicyclic) bond motifs is 1. The van der Waals surface area contributed by atoms with Crippen LogP contribution in [0.25, 0.3) is 11.0 Å². The van der Waals surface area contributed by atoms with Crippen LogP contribution in [0.3, 0.4) is 0 Å². The fourth-order valence-corrected chi connectivity index (χ4v) is 2.50. The maximum atomic E-state index is 11.1. The van der Waals surface area contributed by atoms with Crippen molar-refractivity contribution < 1.29 is 8.42 Å². The quantitative estimate of drug-likeness (QED) is 0.895. The molecule has 0 radical (unpaired) electrons. The predicted octanol–water partition coefficient (Wildman–Crippen LogP) is 1.65. The standard InChI is InChI=1S/C11H14ClN3O2S/c1-18(16,17)5-4-8(13)11-14-9-3-2-7(12)6-10(9)15-11/h2-3,6,8H,4-5,13H2,1H3,(H,14,15). The predicted molar refractivity (Wildman–Crippen MR) is 72.4 cm³/mol. The molecule has 0 saturated carbocycles. The molecular weight excluding hydrogens is 274 g/mol. The van der Waals surface area contributed by atoms with Crippen molar-refractivity contribution >= 4 is 32.5 Å². The molecule has 0 aliphatic heterocycles. The first-order valence-corrected chi connectivity index (χ1v) is 7.87. The molecule has 18 heavy (non-hydrogen) atoms. The highest BCUT2D eigenvalue weighted by Gasteiger charge is 2.14. The third-order valence-electron chi connectivity index (χ3n) is 2.61. The first-order valence-electron chi connectivity index (χ1n) is 5.43. The second kappa shape index (κ2) is 4.87. The van der Waals surface area contributed by atoms with E-state index in [0.29, 0.717) is 17.3 Å². The smallest absolute Gasteiger partial charge is 0.147 e. The number of halogens is 1. The fourth-order valence-electron chi connectivity index (χ4n) is 1.65. The van der Waals surface area contributed by atoms with Crippen molar-refractivity contribution in [2.45, 2.75) is 12.5 Å². The van der Waals surface area contributed by atoms with Crippen LogP contribution in [-0.4, -0.2) is 30.4 Å². The third kappa shape index (κ3) is 3.22. The number of hydrogen-bond acceptors (Lipinski definition) is 4. The zero-order valence-electron chi connectivity index (χ0n) is 9.85. The molecule has 5 nitrogen and oxygen atoms in total. The summed E-state index contributed by atoms with van der Waals surface area (Å²) in [5.41, 5.74) is 7.48. The van der Waals surface area contributed by atoms with Crippen LogP contribution in [0, 0.1) is 0 Å². The van der Waals surface area contributed by atoms with Crippen LogP contribution in [0.4, 0.5) is 0 Å². The van der Waals surface area contributed by atoms with E-state index in [4.69, 9.17) is 17.3 Å². The van der Waals surface area contributed by atoms with Gasteiger partial charge in [-0.2, -0.15) is 0 Å². The summed E-state index contributed by atoms with van der Waals surface area (Å²) in [7, 11) is -3.01. The highest BCUT2D eigenvalue weighted by molar-refractivity contribution is 7.90. The summed E-state index contributed by atoms with van der Waals surface area (Å²) in [6, 6.07) is 4.89. The Kier molecular flexibility index (Phi) is 3.61. The summed E-state index contributed by atoms with van der Waals surface area (Å²) in [5, 5.41) is 0.602. The normalized spacial score (nSPS) is 13.9. The van der Waals surface area contributed by atoms with Crippen LogP contribution in [-0.2, 0) is 9.84 Å². The van der Waals surface area contributed by atoms with Crippen LogP contribution < -0.4 is 5.73 Å². The van der Waals surface area contributed by atoms with Gasteiger partial charge in [-0.25, -0.2) is 13.4 Å². The Bertz CT molecular complexity index is 666. The minimum atomic E-state index is -3.01. The number of aromatic nitrogens is 2. The first-order chi connectivity index (χ1) is 8.35. The number of hydrogen-bond donors (Lipinski definition) is 2. The molecule has 1 aromatic carbocycles. The molecule has 0 saturated heterocycles. The molecule has 0 aliphatic carbocycles. The van der Waals surface area contributed by atoms with E-state index in [9.17, 15) is 8.42 Å². The van der Waals surface area contributed by atoms with Gasteiger partial charge in [0, 0.05) is 11.3 Å². The molecule has 1 heterocycles. The van der Waals surface area contributed by atoms with Crippen LogP contribution in [0.1, 0.15) is 18.3 Å². The van der Waals surface area contributed by atoms with Gasteiger partial charge < -0.3 is 10.7 Å². The lowest BCUT2D eigenvalue weighted by atomic mass is 10.2. The van der Waals surface area contributed by atoms with Crippen LogP contribution >= 0.6 is 11.6 Å². The molecule has 0 amide bonds. The topological polar surface area (TPSA) is 88.8 Å². The minimum absolute atomic E-state index is 0.0476. The average Bonchev–Trinajstić information content (AvgIpc) is 2.67. The van der Waals surface area contributed by atoms with Gasteiger partial charge in [0.05, 0.1) is 22.8 Å². The van der Waals surface area contributed by atoms with Crippen molar-refractivity contribution in [1.29, 1.82) is 0 Å². The number of nitrogens with one attached hydrogen (secondary N) is 1. The zero-order valence-corrected chi connectivity index (χ0v) is 11.4. The molecular formula is C11H14ClN3O2S. The Morgan fingerprint density at radius 1 is 1.50 bits per heavy atom. The molecule has 0 fully saturated rings. The lowest BCUT2D eigenvalue weighted by Crippen LogP contribution is -2.16. The van der Waals surface area contributed by atoms with Gasteiger partial charge in [0.15, 0.2) is 0 Å². The summed E-state index contributed by atoms with van der Waals surface area (Å²) in [6.07, 6.45) is 1.53. The number of imidazole rings is 1. The molecule has 98 valence electrons. The molecule has 0 spiro atoms. The molecule has 1 aromatic heterocycles. The van der Waals surface area contributed by atoms with Crippen LogP contribution in [0.5, 0.6) is 0 Å². The minimum Gasteiger partial charge on any atom is -0.341 e. The van der Waals surface area contributed by atoms with Crippen molar-refractivity contribution in [1.82, 2.24) is 9.97 Å². The largest absolute Gasteiger partial charge is 0.341 e. The van der Waals surface area contributed by atoms with Crippen LogP contribution in [0.15, 0.2) is 18.2 Å². The highest BCUT2D eigenvalue weighted by Crippen LogP contribution is 2.20. The van der Waals surface area contributed by atoms with Gasteiger partial charge in [-0.05, 0) is 24.6 Å². The first kappa shape index (κ1) is 13.3. The molecule has 0 aliphatic rings. The van der Waals surface area contributed by atoms with E-state index in [1.807, 2.05) is 6.07 Å². The Balaban J connectivity index is 2.20. The van der Waals surface area contributed by atoms with Gasteiger partial charge in [-0.3, -0.25) is 0 Å². The van der Waals surface area contributed by atoms with E-state index in [1.165, 1.54) is 6.26 Å². The molecule has 1 unspecified atom stereocenters. The van der Waals surface area contributed by atoms with E-state index in [-0.39, 0.29) is 5.75 Å². The number of sulfone groups is 1. The number of benzene rings is 1. The lowest BCUT2D eigenvalue weighted by molar-refractivity contribution is 0.588. The van der Waals surface area contributed by atoms with Gasteiger partial charge in [-0.15, -0.1) is 0 Å². The number of aromatic amines is 1. The maximum Gasteiger partial charge on any atom is 0.147 e. The van der Waals surface area contributed by atoms with E-state index in [2.05, 4.69) is 9.97 Å². The fraction of sp³-hybridized carbons (Fsp3) is 0.364. The molecule has 0 bridgehead atoms. The van der Waals surface area contributed by atoms with Gasteiger partial charge in [0.2, 0.25) is 0 Å². The Morgan fingerprint density at radius 3 is 2.89 bits per heavy atom. The number of H-pyrrole nitrogens is 1. The van der Waals surface area contributed by atoms with Crippen molar-refractivity contribution in [3.05, 3.63) is 29.0 Å². The Morgan fingerprint density at radius 2 is 2.22 bits per heavy atom. The van der Waals surface area contributed by atoms with E-state index >= 15 is 0 Å². The van der Waals surface area contributed by atoms with Crippen molar-refractivity contribution in [3.8, 4) is 0 Å². The summed E-state index contributed by atoms with van der Waals surface area (Å²) in [6.45, 7) is 0. The van der Waals surface area contributed by atoms with Gasteiger partial charge in [-0.1, -0.05) is 11.6 Å². The number of nitrogens with two attached hydrogens (primary N) is 1. The number of rotatable bonds is 4. The highest BCUT2D eigenvalue weighted by atomic mass is 35.5. The molecule has 2 aromatic rings. The molecule has 2 rings (SSSR count). The van der Waals surface area contributed by atoms with Crippen molar-refractivity contribution in [2.24, 2.45) is 5.73 Å². The second-order valence-electron chi connectivity index (χ2n) is 4.31. The summed E-state index contributed by atoms with van der Waals surface area (Å²) in [5.74, 6) is 0.627. The van der Waals surface area contributed by atoms with Gasteiger partial charge >= 0.3 is 0 Å². The number of nitrogens with zero attached hydrogens (tertiary/aromatic N) is 1. The maximum absolute atomic E-state index is 11.1. The molecule has 3 N–H and O–H groups in total. The van der Waals surface area contributed by atoms with Gasteiger partial charge in [0.1, 0.15) is 15.7 Å². The SMILES string of the molecule is CS(=O)(=O)CCC(N)c1nc2cc(Cl)ccc2[nH]1. The third-order valence-corrected chi connectivity index (χ3v) is 3.83. The Labute approximate surface area is 110 Å². The second-order valence-corrected chi connectivity index (χ2v) is 7.00. The monoisotopic (exact) mass is 287 g/mol. The van der Waals surface area contributed by atoms with E-state index in [0.717, 1.165) is 11.0 Å². The summed E-state index contributed by atoms with van der Waals surface area (Å²) >= 11 is 5.86. The van der Waals surface area contributed by atoms with Crippen molar-refractivity contribution in [3.63, 3.8) is 0 Å². The van der Waals surface area contributed by atoms with E-state index < -0.39 is 15.9 Å². The van der Waals surface area contributed by atoms with E-state index in [1.54, 1.807) is 12.1 Å². The van der Waals surface area contributed by atoms with Gasteiger partial charge in [0.25, 0.3) is 0 Å². The summed E-state index contributed by atoms with van der Waals surface area (Å²) in [4.78, 5) is 7.38. The van der Waals surface area contributed by atoms with Crippen molar-refractivity contribution in [2.75, 3.05) is 12.0 Å². The zero-order chi connectivity index (χ0) is 13.3. The Hall–Kier alpha value is -1.11. The average molecular weight is 288 g/mol. The molecule has 7 heteroatoms. The van der Waals surface area contributed by atoms with Crippen LogP contribution in [0.2, 0.25) is 5.02 Å². The lowest BCUT2D eigenvalue weighted by Gasteiger charge is -2.06. The molecule has 1 atom stereocenters. The summed E-state index contributed by atoms with van der Waals surface area (Å²) < 4.78 is 22.2.